The Bertz CT molecular complexity index is 1150. The minimum atomic E-state index is -0.0652. The highest BCUT2D eigenvalue weighted by atomic mass is 16.5. The lowest BCUT2D eigenvalue weighted by molar-refractivity contribution is 0.0648. The number of H-pyrrole nitrogens is 1. The number of nitrogens with zero attached hydrogens (tertiary/aromatic N) is 4. The standard InChI is InChI=1S/C26H37N7O2/c1-16(2)22-23(19-12-17(3)25-28-15-29-33(25)14-19)31-32-24(22)26(34)30-21-6-4-20(5-7-21)27-13-18-8-10-35-11-9-18/h12,14-16,18,20-21,27H,4-11,13H2,1-3H3,(H,30,34)(H,31,32). The van der Waals surface area contributed by atoms with E-state index in [-0.39, 0.29) is 17.9 Å². The minimum Gasteiger partial charge on any atom is -0.381 e. The number of aryl methyl sites for hydroxylation is 1. The molecule has 3 aromatic rings. The second kappa shape index (κ2) is 10.5. The number of carbonyl (C=O) groups excluding carboxylic acids is 1. The molecule has 2 aliphatic rings. The van der Waals surface area contributed by atoms with Crippen LogP contribution in [0.5, 0.6) is 0 Å². The molecule has 35 heavy (non-hydrogen) atoms. The molecule has 3 aromatic heterocycles. The molecule has 9 nitrogen and oxygen atoms in total. The summed E-state index contributed by atoms with van der Waals surface area (Å²) in [5.41, 5.74) is 5.07. The third-order valence-electron chi connectivity index (χ3n) is 7.54. The normalized spacial score (nSPS) is 21.6. The first-order valence-corrected chi connectivity index (χ1v) is 13.0. The number of ether oxygens (including phenoxy) is 1. The summed E-state index contributed by atoms with van der Waals surface area (Å²) in [6.45, 7) is 9.08. The van der Waals surface area contributed by atoms with Crippen LogP contribution in [0.15, 0.2) is 18.6 Å². The number of pyridine rings is 1. The zero-order valence-corrected chi connectivity index (χ0v) is 21.0. The SMILES string of the molecule is Cc1cc(-c2n[nH]c(C(=O)NC3CCC(NCC4CCOCC4)CC3)c2C(C)C)cn2ncnc12. The zero-order valence-electron chi connectivity index (χ0n) is 21.0. The van der Waals surface area contributed by atoms with Gasteiger partial charge in [-0.15, -0.1) is 0 Å². The van der Waals surface area contributed by atoms with Crippen LogP contribution in [-0.2, 0) is 4.74 Å². The van der Waals surface area contributed by atoms with Crippen molar-refractivity contribution in [2.75, 3.05) is 19.8 Å². The molecular formula is C26H37N7O2. The van der Waals surface area contributed by atoms with Gasteiger partial charge >= 0.3 is 0 Å². The van der Waals surface area contributed by atoms with Crippen molar-refractivity contribution < 1.29 is 9.53 Å². The maximum Gasteiger partial charge on any atom is 0.269 e. The summed E-state index contributed by atoms with van der Waals surface area (Å²) in [5.74, 6) is 0.810. The van der Waals surface area contributed by atoms with Gasteiger partial charge in [-0.25, -0.2) is 9.50 Å². The van der Waals surface area contributed by atoms with Crippen molar-refractivity contribution in [3.8, 4) is 11.3 Å². The van der Waals surface area contributed by atoms with Crippen LogP contribution in [0.3, 0.4) is 0 Å². The molecule has 3 N–H and O–H groups in total. The first-order valence-electron chi connectivity index (χ1n) is 13.0. The van der Waals surface area contributed by atoms with Crippen LogP contribution >= 0.6 is 0 Å². The van der Waals surface area contributed by atoms with Gasteiger partial charge in [0, 0.05) is 42.6 Å². The van der Waals surface area contributed by atoms with Gasteiger partial charge in [0.2, 0.25) is 0 Å². The Labute approximate surface area is 206 Å². The smallest absolute Gasteiger partial charge is 0.269 e. The Hall–Kier alpha value is -2.78. The van der Waals surface area contributed by atoms with Gasteiger partial charge in [-0.3, -0.25) is 9.89 Å². The fraction of sp³-hybridized carbons (Fsp3) is 0.615. The Balaban J connectivity index is 1.22. The van der Waals surface area contributed by atoms with Crippen molar-refractivity contribution in [2.24, 2.45) is 5.92 Å². The van der Waals surface area contributed by atoms with Crippen LogP contribution in [0.2, 0.25) is 0 Å². The third-order valence-corrected chi connectivity index (χ3v) is 7.54. The molecule has 0 bridgehead atoms. The molecule has 4 heterocycles. The lowest BCUT2D eigenvalue weighted by atomic mass is 9.90. The van der Waals surface area contributed by atoms with E-state index in [0.717, 1.165) is 92.2 Å². The Morgan fingerprint density at radius 1 is 1.17 bits per heavy atom. The number of nitrogens with one attached hydrogen (secondary N) is 3. The van der Waals surface area contributed by atoms with Crippen molar-refractivity contribution in [1.82, 2.24) is 35.4 Å². The predicted molar refractivity (Wildman–Crippen MR) is 134 cm³/mol. The maximum absolute atomic E-state index is 13.3. The van der Waals surface area contributed by atoms with E-state index in [4.69, 9.17) is 4.74 Å². The average molecular weight is 480 g/mol. The molecule has 1 amide bonds. The quantitative estimate of drug-likeness (QED) is 0.478. The highest BCUT2D eigenvalue weighted by Gasteiger charge is 2.27. The molecule has 1 aliphatic heterocycles. The fourth-order valence-corrected chi connectivity index (χ4v) is 5.51. The summed E-state index contributed by atoms with van der Waals surface area (Å²) in [4.78, 5) is 17.6. The van der Waals surface area contributed by atoms with Crippen molar-refractivity contribution >= 4 is 11.6 Å². The van der Waals surface area contributed by atoms with Crippen molar-refractivity contribution in [3.63, 3.8) is 0 Å². The summed E-state index contributed by atoms with van der Waals surface area (Å²) in [5, 5.41) is 18.9. The largest absolute Gasteiger partial charge is 0.381 e. The van der Waals surface area contributed by atoms with E-state index in [0.29, 0.717) is 11.7 Å². The van der Waals surface area contributed by atoms with Crippen LogP contribution < -0.4 is 10.6 Å². The van der Waals surface area contributed by atoms with Gasteiger partial charge in [-0.1, -0.05) is 13.8 Å². The van der Waals surface area contributed by atoms with Crippen molar-refractivity contribution in [1.29, 1.82) is 0 Å². The number of aromatic amines is 1. The Kier molecular flexibility index (Phi) is 7.15. The second-order valence-electron chi connectivity index (χ2n) is 10.4. The molecular weight excluding hydrogens is 442 g/mol. The molecule has 5 rings (SSSR count). The molecule has 0 spiro atoms. The molecule has 188 valence electrons. The fourth-order valence-electron chi connectivity index (χ4n) is 5.51. The number of amides is 1. The molecule has 9 heteroatoms. The summed E-state index contributed by atoms with van der Waals surface area (Å²) in [6, 6.07) is 2.80. The maximum atomic E-state index is 13.3. The second-order valence-corrected chi connectivity index (χ2v) is 10.4. The molecule has 1 saturated carbocycles. The number of carbonyl (C=O) groups is 1. The Morgan fingerprint density at radius 3 is 2.66 bits per heavy atom. The average Bonchev–Trinajstić information content (AvgIpc) is 3.52. The molecule has 2 fully saturated rings. The molecule has 0 atom stereocenters. The van der Waals surface area contributed by atoms with Gasteiger partial charge in [0.25, 0.3) is 5.91 Å². The lowest BCUT2D eigenvalue weighted by Crippen LogP contribution is -2.43. The van der Waals surface area contributed by atoms with Crippen LogP contribution in [0.25, 0.3) is 16.9 Å². The van der Waals surface area contributed by atoms with Gasteiger partial charge in [0.05, 0.1) is 5.69 Å². The van der Waals surface area contributed by atoms with E-state index < -0.39 is 0 Å². The van der Waals surface area contributed by atoms with E-state index in [9.17, 15) is 4.79 Å². The van der Waals surface area contributed by atoms with Crippen molar-refractivity contribution in [2.45, 2.75) is 77.3 Å². The van der Waals surface area contributed by atoms with Gasteiger partial charge in [0.15, 0.2) is 5.65 Å². The minimum absolute atomic E-state index is 0.0652. The first kappa shape index (κ1) is 23.9. The van der Waals surface area contributed by atoms with Crippen LogP contribution in [0, 0.1) is 12.8 Å². The summed E-state index contributed by atoms with van der Waals surface area (Å²) < 4.78 is 7.23. The van der Waals surface area contributed by atoms with E-state index in [1.54, 1.807) is 10.8 Å². The van der Waals surface area contributed by atoms with E-state index in [2.05, 4.69) is 50.8 Å². The van der Waals surface area contributed by atoms with Crippen LogP contribution in [-0.4, -0.2) is 62.5 Å². The van der Waals surface area contributed by atoms with Gasteiger partial charge < -0.3 is 15.4 Å². The molecule has 0 unspecified atom stereocenters. The Morgan fingerprint density at radius 2 is 1.91 bits per heavy atom. The first-order chi connectivity index (χ1) is 17.0. The summed E-state index contributed by atoms with van der Waals surface area (Å²) in [6.07, 6.45) is 9.98. The number of hydrogen-bond acceptors (Lipinski definition) is 6. The topological polar surface area (TPSA) is 109 Å². The summed E-state index contributed by atoms with van der Waals surface area (Å²) in [7, 11) is 0. The highest BCUT2D eigenvalue weighted by Crippen LogP contribution is 2.31. The van der Waals surface area contributed by atoms with Gasteiger partial charge in [0.1, 0.15) is 12.0 Å². The number of aromatic nitrogens is 5. The number of hydrogen-bond donors (Lipinski definition) is 3. The lowest BCUT2D eigenvalue weighted by Gasteiger charge is -2.31. The van der Waals surface area contributed by atoms with Crippen LogP contribution in [0.4, 0.5) is 0 Å². The van der Waals surface area contributed by atoms with E-state index in [1.165, 1.54) is 0 Å². The number of rotatable bonds is 7. The molecule has 1 aliphatic carbocycles. The summed E-state index contributed by atoms with van der Waals surface area (Å²) >= 11 is 0. The van der Waals surface area contributed by atoms with Crippen molar-refractivity contribution in [3.05, 3.63) is 35.4 Å². The van der Waals surface area contributed by atoms with Gasteiger partial charge in [-0.2, -0.15) is 10.2 Å². The molecule has 0 radical (unpaired) electrons. The zero-order chi connectivity index (χ0) is 24.4. The molecule has 0 aromatic carbocycles. The third kappa shape index (κ3) is 5.26. The number of fused-ring (bicyclic) bond motifs is 1. The van der Waals surface area contributed by atoms with Crippen LogP contribution in [0.1, 0.15) is 79.9 Å². The van der Waals surface area contributed by atoms with E-state index >= 15 is 0 Å². The monoisotopic (exact) mass is 479 g/mol. The van der Waals surface area contributed by atoms with Gasteiger partial charge in [-0.05, 0) is 75.5 Å². The molecule has 1 saturated heterocycles. The van der Waals surface area contributed by atoms with E-state index in [1.807, 2.05) is 13.1 Å². The highest BCUT2D eigenvalue weighted by molar-refractivity contribution is 5.96. The predicted octanol–water partition coefficient (Wildman–Crippen LogP) is 3.61.